The van der Waals surface area contributed by atoms with Gasteiger partial charge in [0.25, 0.3) is 0 Å². The molecule has 0 amide bonds. The van der Waals surface area contributed by atoms with Gasteiger partial charge in [-0.2, -0.15) is 0 Å². The fourth-order valence-electron chi connectivity index (χ4n) is 2.69. The number of guanidine groups is 1. The van der Waals surface area contributed by atoms with Crippen LogP contribution in [0.5, 0.6) is 0 Å². The molecule has 0 atom stereocenters. The highest BCUT2D eigenvalue weighted by Gasteiger charge is 2.08. The number of benzene rings is 1. The molecule has 0 aliphatic rings. The first-order chi connectivity index (χ1) is 12.6. The van der Waals surface area contributed by atoms with Crippen molar-refractivity contribution in [3.05, 3.63) is 42.3 Å². The summed E-state index contributed by atoms with van der Waals surface area (Å²) in [5, 5.41) is 6.66. The largest absolute Gasteiger partial charge is 0.444 e. The van der Waals surface area contributed by atoms with Crippen LogP contribution < -0.4 is 10.6 Å². The Morgan fingerprint density at radius 3 is 2.56 bits per heavy atom. The second kappa shape index (κ2) is 12.7. The van der Waals surface area contributed by atoms with E-state index in [1.807, 2.05) is 30.3 Å². The van der Waals surface area contributed by atoms with Crippen LogP contribution >= 0.6 is 24.0 Å². The van der Waals surface area contributed by atoms with Crippen molar-refractivity contribution >= 4 is 29.9 Å². The summed E-state index contributed by atoms with van der Waals surface area (Å²) in [6, 6.07) is 10.4. The van der Waals surface area contributed by atoms with E-state index in [2.05, 4.69) is 53.2 Å². The minimum atomic E-state index is 0. The molecule has 1 aromatic heterocycles. The van der Waals surface area contributed by atoms with Gasteiger partial charge in [0.05, 0.1) is 6.54 Å². The highest BCUT2D eigenvalue weighted by Crippen LogP contribution is 2.18. The lowest BCUT2D eigenvalue weighted by atomic mass is 10.2. The van der Waals surface area contributed by atoms with Crippen molar-refractivity contribution in [2.24, 2.45) is 4.99 Å². The van der Waals surface area contributed by atoms with Gasteiger partial charge < -0.3 is 15.1 Å². The molecular formula is C20H32IN5O. The first-order valence-corrected chi connectivity index (χ1v) is 9.40. The average molecular weight is 485 g/mol. The average Bonchev–Trinajstić information content (AvgIpc) is 3.12. The third-order valence-electron chi connectivity index (χ3n) is 4.14. The maximum atomic E-state index is 5.57. The van der Waals surface area contributed by atoms with E-state index < -0.39 is 0 Å². The quantitative estimate of drug-likeness (QED) is 0.322. The summed E-state index contributed by atoms with van der Waals surface area (Å²) in [7, 11) is 0. The molecule has 0 aliphatic heterocycles. The molecule has 7 heteroatoms. The van der Waals surface area contributed by atoms with E-state index in [4.69, 9.17) is 4.42 Å². The lowest BCUT2D eigenvalue weighted by Crippen LogP contribution is -2.43. The number of hydrogen-bond acceptors (Lipinski definition) is 4. The molecule has 6 nitrogen and oxygen atoms in total. The second-order valence-corrected chi connectivity index (χ2v) is 6.35. The lowest BCUT2D eigenvalue weighted by Gasteiger charge is -2.25. The van der Waals surface area contributed by atoms with Crippen molar-refractivity contribution < 1.29 is 4.42 Å². The van der Waals surface area contributed by atoms with Gasteiger partial charge in [0, 0.05) is 31.2 Å². The number of nitrogens with one attached hydrogen (secondary N) is 2. The van der Waals surface area contributed by atoms with Gasteiger partial charge in [0.15, 0.2) is 5.96 Å². The van der Waals surface area contributed by atoms with Crippen LogP contribution in [0.3, 0.4) is 0 Å². The van der Waals surface area contributed by atoms with E-state index in [0.29, 0.717) is 18.5 Å². The van der Waals surface area contributed by atoms with Crippen molar-refractivity contribution in [1.29, 1.82) is 0 Å². The summed E-state index contributed by atoms with van der Waals surface area (Å²) < 4.78 is 5.57. The van der Waals surface area contributed by atoms with Gasteiger partial charge >= 0.3 is 0 Å². The summed E-state index contributed by atoms with van der Waals surface area (Å²) >= 11 is 0. The molecule has 2 aromatic rings. The zero-order valence-electron chi connectivity index (χ0n) is 16.7. The van der Waals surface area contributed by atoms with E-state index in [1.54, 1.807) is 6.26 Å². The summed E-state index contributed by atoms with van der Waals surface area (Å²) in [6.45, 7) is 12.9. The monoisotopic (exact) mass is 485 g/mol. The number of likely N-dealkylation sites (N-methyl/N-ethyl adjacent to an activating group) is 1. The predicted molar refractivity (Wildman–Crippen MR) is 123 cm³/mol. The summed E-state index contributed by atoms with van der Waals surface area (Å²) in [4.78, 5) is 11.5. The smallest absolute Gasteiger partial charge is 0.226 e. The fraction of sp³-hybridized carbons (Fsp3) is 0.500. The van der Waals surface area contributed by atoms with Crippen LogP contribution in [0.25, 0.3) is 11.5 Å². The van der Waals surface area contributed by atoms with Crippen molar-refractivity contribution in [2.45, 2.75) is 40.3 Å². The molecule has 1 aromatic carbocycles. The molecular weight excluding hydrogens is 453 g/mol. The Labute approximate surface area is 179 Å². The van der Waals surface area contributed by atoms with Gasteiger partial charge in [-0.25, -0.2) is 9.98 Å². The van der Waals surface area contributed by atoms with Crippen molar-refractivity contribution in [3.8, 4) is 11.5 Å². The number of rotatable bonds is 9. The van der Waals surface area contributed by atoms with E-state index in [0.717, 1.165) is 43.4 Å². The Balaban J connectivity index is 0.00000364. The minimum Gasteiger partial charge on any atom is -0.444 e. The zero-order chi connectivity index (χ0) is 18.8. The molecule has 0 bridgehead atoms. The standard InChI is InChI=1S/C20H31N5O.HI/c1-5-21-20(22-12-13-25(6-2)16(3)4)23-14-18-15-26-19(24-18)17-10-8-7-9-11-17;/h7-11,15-16H,5-6,12-14H2,1-4H3,(H2,21,22,23);1H. The molecule has 0 fully saturated rings. The first-order valence-electron chi connectivity index (χ1n) is 9.40. The highest BCUT2D eigenvalue weighted by atomic mass is 127. The number of nitrogens with zero attached hydrogens (tertiary/aromatic N) is 3. The molecule has 27 heavy (non-hydrogen) atoms. The number of oxazole rings is 1. The molecule has 0 aliphatic carbocycles. The van der Waals surface area contributed by atoms with Crippen molar-refractivity contribution in [1.82, 2.24) is 20.5 Å². The lowest BCUT2D eigenvalue weighted by molar-refractivity contribution is 0.237. The van der Waals surface area contributed by atoms with Gasteiger partial charge in [-0.05, 0) is 39.4 Å². The number of aliphatic imine (C=N–C) groups is 1. The Bertz CT molecular complexity index is 672. The van der Waals surface area contributed by atoms with E-state index in [9.17, 15) is 0 Å². The maximum absolute atomic E-state index is 5.57. The third-order valence-corrected chi connectivity index (χ3v) is 4.14. The van der Waals surface area contributed by atoms with Crippen LogP contribution in [0.4, 0.5) is 0 Å². The predicted octanol–water partition coefficient (Wildman–Crippen LogP) is 3.75. The van der Waals surface area contributed by atoms with Crippen LogP contribution in [0.2, 0.25) is 0 Å². The third kappa shape index (κ3) is 7.88. The molecule has 0 radical (unpaired) electrons. The molecule has 0 spiro atoms. The normalized spacial score (nSPS) is 11.6. The molecule has 0 saturated heterocycles. The number of hydrogen-bond donors (Lipinski definition) is 2. The maximum Gasteiger partial charge on any atom is 0.226 e. The Morgan fingerprint density at radius 2 is 1.93 bits per heavy atom. The van der Waals surface area contributed by atoms with Gasteiger partial charge in [0.1, 0.15) is 12.0 Å². The SMILES string of the molecule is CCNC(=NCc1coc(-c2ccccc2)n1)NCCN(CC)C(C)C.I. The fourth-order valence-corrected chi connectivity index (χ4v) is 2.69. The van der Waals surface area contributed by atoms with Gasteiger partial charge in [-0.3, -0.25) is 4.90 Å². The topological polar surface area (TPSA) is 65.7 Å². The van der Waals surface area contributed by atoms with E-state index >= 15 is 0 Å². The zero-order valence-corrected chi connectivity index (χ0v) is 19.1. The molecule has 2 N–H and O–H groups in total. The van der Waals surface area contributed by atoms with Crippen LogP contribution in [0.1, 0.15) is 33.4 Å². The number of halogens is 1. The Hall–Kier alpha value is -1.61. The van der Waals surface area contributed by atoms with Crippen molar-refractivity contribution in [3.63, 3.8) is 0 Å². The van der Waals surface area contributed by atoms with Gasteiger partial charge in [0.2, 0.25) is 5.89 Å². The summed E-state index contributed by atoms with van der Waals surface area (Å²) in [5.41, 5.74) is 1.79. The molecule has 2 rings (SSSR count). The van der Waals surface area contributed by atoms with Crippen LogP contribution in [0.15, 0.2) is 46.0 Å². The van der Waals surface area contributed by atoms with E-state index in [1.165, 1.54) is 0 Å². The molecule has 0 saturated carbocycles. The number of aromatic nitrogens is 1. The Kier molecular flexibility index (Phi) is 11.0. The van der Waals surface area contributed by atoms with Crippen LogP contribution in [-0.2, 0) is 6.54 Å². The van der Waals surface area contributed by atoms with Crippen LogP contribution in [-0.4, -0.2) is 48.1 Å². The molecule has 0 unspecified atom stereocenters. The van der Waals surface area contributed by atoms with Gasteiger partial charge in [-0.15, -0.1) is 24.0 Å². The van der Waals surface area contributed by atoms with Gasteiger partial charge in [-0.1, -0.05) is 25.1 Å². The minimum absolute atomic E-state index is 0. The first kappa shape index (κ1) is 23.4. The molecule has 150 valence electrons. The summed E-state index contributed by atoms with van der Waals surface area (Å²) in [6.07, 6.45) is 1.67. The highest BCUT2D eigenvalue weighted by molar-refractivity contribution is 14.0. The summed E-state index contributed by atoms with van der Waals surface area (Å²) in [5.74, 6) is 1.43. The van der Waals surface area contributed by atoms with Crippen LogP contribution in [0, 0.1) is 0 Å². The van der Waals surface area contributed by atoms with E-state index in [-0.39, 0.29) is 24.0 Å². The van der Waals surface area contributed by atoms with Crippen molar-refractivity contribution in [2.75, 3.05) is 26.2 Å². The second-order valence-electron chi connectivity index (χ2n) is 6.35. The Morgan fingerprint density at radius 1 is 1.19 bits per heavy atom. The molecule has 1 heterocycles.